The molecule has 206 valence electrons. The summed E-state index contributed by atoms with van der Waals surface area (Å²) >= 11 is 5.64. The van der Waals surface area contributed by atoms with Gasteiger partial charge in [0.1, 0.15) is 0 Å². The smallest absolute Gasteiger partial charge is 0.0640 e. The number of rotatable bonds is 3. The highest BCUT2D eigenvalue weighted by molar-refractivity contribution is 7.27. The number of anilines is 3. The van der Waals surface area contributed by atoms with Crippen LogP contribution in [0.5, 0.6) is 0 Å². The van der Waals surface area contributed by atoms with Crippen molar-refractivity contribution in [3.63, 3.8) is 0 Å². The lowest BCUT2D eigenvalue weighted by atomic mass is 10.0. The molecule has 0 bridgehead atoms. The molecule has 0 spiro atoms. The van der Waals surface area contributed by atoms with Gasteiger partial charge in [0.05, 0.1) is 10.4 Å². The molecule has 10 aromatic rings. The molecule has 3 heterocycles. The summed E-state index contributed by atoms with van der Waals surface area (Å²) in [7, 11) is 0. The number of benzene rings is 7. The van der Waals surface area contributed by atoms with Crippen LogP contribution in [0.3, 0.4) is 0 Å². The molecule has 44 heavy (non-hydrogen) atoms. The van der Waals surface area contributed by atoms with Crippen LogP contribution in [0.15, 0.2) is 140 Å². The zero-order valence-electron chi connectivity index (χ0n) is 23.5. The Morgan fingerprint density at radius 2 is 0.864 bits per heavy atom. The van der Waals surface area contributed by atoms with E-state index >= 15 is 0 Å². The van der Waals surface area contributed by atoms with Crippen LogP contribution in [0.25, 0.3) is 71.3 Å². The molecule has 4 heteroatoms. The lowest BCUT2D eigenvalue weighted by molar-refractivity contribution is 1.32. The Morgan fingerprint density at radius 3 is 1.52 bits per heavy atom. The van der Waals surface area contributed by atoms with E-state index in [4.69, 9.17) is 0 Å². The van der Waals surface area contributed by atoms with Crippen molar-refractivity contribution in [2.24, 2.45) is 0 Å². The lowest BCUT2D eigenvalue weighted by Gasteiger charge is -2.26. The Bertz CT molecular complexity index is 2630. The van der Waals surface area contributed by atoms with Gasteiger partial charge in [-0.15, -0.1) is 34.0 Å². The molecule has 0 saturated carbocycles. The summed E-state index contributed by atoms with van der Waals surface area (Å²) in [4.78, 5) is 2.48. The highest BCUT2D eigenvalue weighted by atomic mass is 32.1. The summed E-state index contributed by atoms with van der Waals surface area (Å²) in [5.41, 5.74) is 3.57. The zero-order chi connectivity index (χ0) is 28.8. The van der Waals surface area contributed by atoms with Gasteiger partial charge in [-0.1, -0.05) is 72.8 Å². The number of hydrogen-bond acceptors (Lipinski definition) is 4. The van der Waals surface area contributed by atoms with Crippen molar-refractivity contribution < 1.29 is 0 Å². The van der Waals surface area contributed by atoms with E-state index in [1.807, 2.05) is 34.0 Å². The molecule has 0 N–H and O–H groups in total. The van der Waals surface area contributed by atoms with Crippen LogP contribution >= 0.6 is 34.0 Å². The third kappa shape index (κ3) is 3.62. The normalized spacial score (nSPS) is 12.1. The van der Waals surface area contributed by atoms with Crippen molar-refractivity contribution in [1.29, 1.82) is 0 Å². The van der Waals surface area contributed by atoms with Crippen molar-refractivity contribution in [3.05, 3.63) is 140 Å². The Morgan fingerprint density at radius 1 is 0.341 bits per heavy atom. The van der Waals surface area contributed by atoms with Crippen LogP contribution in [0.1, 0.15) is 0 Å². The maximum Gasteiger partial charge on any atom is 0.0640 e. The van der Waals surface area contributed by atoms with Crippen LogP contribution in [0.4, 0.5) is 17.1 Å². The maximum absolute atomic E-state index is 2.48. The summed E-state index contributed by atoms with van der Waals surface area (Å²) in [6.07, 6.45) is 0. The van der Waals surface area contributed by atoms with Crippen molar-refractivity contribution >= 4 is 122 Å². The zero-order valence-corrected chi connectivity index (χ0v) is 25.9. The minimum absolute atomic E-state index is 1.18. The SMILES string of the molecule is c1ccc2cc3c(cc2c1)sc1c(N(c2ccc4sc5ccccc5c4c2)c2ccc4sc5ccccc5c4c2)cccc13. The van der Waals surface area contributed by atoms with Gasteiger partial charge in [-0.25, -0.2) is 0 Å². The molecule has 10 rings (SSSR count). The molecule has 0 saturated heterocycles. The predicted octanol–water partition coefficient (Wildman–Crippen LogP) is 13.4. The van der Waals surface area contributed by atoms with Gasteiger partial charge in [0.15, 0.2) is 0 Å². The summed E-state index contributed by atoms with van der Waals surface area (Å²) < 4.78 is 7.93. The Labute approximate surface area is 265 Å². The largest absolute Gasteiger partial charge is 0.309 e. The predicted molar refractivity (Wildman–Crippen MR) is 197 cm³/mol. The monoisotopic (exact) mass is 613 g/mol. The van der Waals surface area contributed by atoms with Crippen molar-refractivity contribution in [1.82, 2.24) is 0 Å². The quantitative estimate of drug-likeness (QED) is 0.192. The van der Waals surface area contributed by atoms with Gasteiger partial charge in [-0.2, -0.15) is 0 Å². The van der Waals surface area contributed by atoms with E-state index in [9.17, 15) is 0 Å². The number of hydrogen-bond donors (Lipinski definition) is 0. The van der Waals surface area contributed by atoms with Gasteiger partial charge in [-0.05, 0) is 77.5 Å². The molecule has 0 aliphatic carbocycles. The van der Waals surface area contributed by atoms with Gasteiger partial charge < -0.3 is 4.90 Å². The van der Waals surface area contributed by atoms with E-state index in [0.717, 1.165) is 0 Å². The molecule has 0 fully saturated rings. The first-order valence-corrected chi connectivity index (χ1v) is 17.2. The van der Waals surface area contributed by atoms with E-state index in [2.05, 4.69) is 144 Å². The van der Waals surface area contributed by atoms with E-state index in [0.29, 0.717) is 0 Å². The van der Waals surface area contributed by atoms with Gasteiger partial charge in [0.2, 0.25) is 0 Å². The molecular formula is C40H23NS3. The molecule has 7 aromatic carbocycles. The molecule has 1 nitrogen and oxygen atoms in total. The fourth-order valence-corrected chi connectivity index (χ4v) is 10.2. The van der Waals surface area contributed by atoms with E-state index in [1.165, 1.54) is 88.4 Å². The van der Waals surface area contributed by atoms with Gasteiger partial charge in [-0.3, -0.25) is 0 Å². The third-order valence-corrected chi connectivity index (χ3v) is 12.3. The molecule has 0 amide bonds. The summed E-state index contributed by atoms with van der Waals surface area (Å²) in [6.45, 7) is 0. The average molecular weight is 614 g/mol. The van der Waals surface area contributed by atoms with Crippen molar-refractivity contribution in [2.75, 3.05) is 4.90 Å². The van der Waals surface area contributed by atoms with Crippen LogP contribution in [0.2, 0.25) is 0 Å². The summed E-state index contributed by atoms with van der Waals surface area (Å²) in [5, 5.41) is 10.5. The average Bonchev–Trinajstić information content (AvgIpc) is 3.75. The molecule has 0 radical (unpaired) electrons. The van der Waals surface area contributed by atoms with E-state index < -0.39 is 0 Å². The first-order chi connectivity index (χ1) is 21.8. The summed E-state index contributed by atoms with van der Waals surface area (Å²) in [5.74, 6) is 0. The van der Waals surface area contributed by atoms with Gasteiger partial charge in [0, 0.05) is 67.2 Å². The lowest BCUT2D eigenvalue weighted by Crippen LogP contribution is -2.09. The molecule has 0 unspecified atom stereocenters. The van der Waals surface area contributed by atoms with Crippen LogP contribution in [-0.4, -0.2) is 0 Å². The van der Waals surface area contributed by atoms with E-state index in [-0.39, 0.29) is 0 Å². The first kappa shape index (κ1) is 24.7. The molecular weight excluding hydrogens is 591 g/mol. The fourth-order valence-electron chi connectivity index (χ4n) is 6.78. The second-order valence-corrected chi connectivity index (χ2v) is 14.6. The summed E-state index contributed by atoms with van der Waals surface area (Å²) in [6, 6.07) is 51.8. The van der Waals surface area contributed by atoms with Crippen molar-refractivity contribution in [2.45, 2.75) is 0 Å². The Balaban J connectivity index is 1.28. The second kappa shape index (κ2) is 9.38. The molecule has 3 aromatic heterocycles. The highest BCUT2D eigenvalue weighted by Gasteiger charge is 2.20. The Kier molecular flexibility index (Phi) is 5.26. The number of thiophene rings is 3. The van der Waals surface area contributed by atoms with Crippen LogP contribution < -0.4 is 4.90 Å². The minimum Gasteiger partial charge on any atom is -0.309 e. The van der Waals surface area contributed by atoms with Gasteiger partial charge >= 0.3 is 0 Å². The Hall–Kier alpha value is -4.74. The van der Waals surface area contributed by atoms with E-state index in [1.54, 1.807) is 0 Å². The third-order valence-electron chi connectivity index (χ3n) is 8.82. The number of nitrogens with zero attached hydrogens (tertiary/aromatic N) is 1. The van der Waals surface area contributed by atoms with Crippen LogP contribution in [0, 0.1) is 0 Å². The number of fused-ring (bicyclic) bond motifs is 10. The first-order valence-electron chi connectivity index (χ1n) is 14.8. The topological polar surface area (TPSA) is 3.24 Å². The minimum atomic E-state index is 1.18. The van der Waals surface area contributed by atoms with Gasteiger partial charge in [0.25, 0.3) is 0 Å². The maximum atomic E-state index is 2.48. The molecule has 0 aliphatic heterocycles. The second-order valence-electron chi connectivity index (χ2n) is 11.3. The van der Waals surface area contributed by atoms with Crippen LogP contribution in [-0.2, 0) is 0 Å². The van der Waals surface area contributed by atoms with Crippen molar-refractivity contribution in [3.8, 4) is 0 Å². The molecule has 0 aliphatic rings. The molecule has 0 atom stereocenters. The standard InChI is InChI=1S/C40H23NS3/c1-2-9-25-21-39-31(20-24(25)8-1)30-12-7-13-34(40(30)44-39)41(26-16-18-37-32(22-26)28-10-3-5-14-35(28)42-37)27-17-19-38-33(23-27)29-11-4-6-15-36(29)43-38/h1-23H. The highest BCUT2D eigenvalue weighted by Crippen LogP contribution is 2.48. The fraction of sp³-hybridized carbons (Fsp3) is 0.